The minimum absolute atomic E-state index is 0.520. The van der Waals surface area contributed by atoms with Gasteiger partial charge in [0.2, 0.25) is 0 Å². The minimum Gasteiger partial charge on any atom is -0.492 e. The van der Waals surface area contributed by atoms with E-state index in [1.54, 1.807) is 0 Å². The molecule has 1 aromatic heterocycles. The number of benzene rings is 2. The third-order valence-electron chi connectivity index (χ3n) is 3.14. The van der Waals surface area contributed by atoms with Crippen LogP contribution in [0.1, 0.15) is 0 Å². The van der Waals surface area contributed by atoms with E-state index < -0.39 is 0 Å². The third kappa shape index (κ3) is 2.20. The second kappa shape index (κ2) is 5.16. The van der Waals surface area contributed by atoms with E-state index in [4.69, 9.17) is 10.5 Å². The lowest BCUT2D eigenvalue weighted by Crippen LogP contribution is -2.10. The summed E-state index contributed by atoms with van der Waals surface area (Å²) < 4.78 is 5.67. The van der Waals surface area contributed by atoms with Crippen LogP contribution in [0, 0.1) is 0 Å². The molecule has 3 nitrogen and oxygen atoms in total. The Bertz CT molecular complexity index is 674. The average Bonchev–Trinajstić information content (AvgIpc) is 2.95. The number of aromatic nitrogens is 1. The first-order valence-electron chi connectivity index (χ1n) is 6.38. The SMILES string of the molecule is NCCOc1ccc(-c2ccccc2)c2[nH]ccc12. The van der Waals surface area contributed by atoms with Crippen LogP contribution in [-0.2, 0) is 0 Å². The molecule has 0 aliphatic heterocycles. The van der Waals surface area contributed by atoms with Crippen molar-refractivity contribution in [1.82, 2.24) is 4.98 Å². The first-order chi connectivity index (χ1) is 9.40. The molecule has 19 heavy (non-hydrogen) atoms. The highest BCUT2D eigenvalue weighted by Crippen LogP contribution is 2.33. The molecule has 1 heterocycles. The van der Waals surface area contributed by atoms with Crippen LogP contribution in [0.5, 0.6) is 5.75 Å². The van der Waals surface area contributed by atoms with E-state index in [2.05, 4.69) is 23.2 Å². The van der Waals surface area contributed by atoms with Crippen LogP contribution in [0.15, 0.2) is 54.7 Å². The molecule has 0 unspecified atom stereocenters. The van der Waals surface area contributed by atoms with Gasteiger partial charge in [0.25, 0.3) is 0 Å². The number of rotatable bonds is 4. The summed E-state index contributed by atoms with van der Waals surface area (Å²) in [6.07, 6.45) is 1.94. The predicted octanol–water partition coefficient (Wildman–Crippen LogP) is 3.17. The van der Waals surface area contributed by atoms with Gasteiger partial charge in [-0.05, 0) is 23.8 Å². The minimum atomic E-state index is 0.520. The maximum atomic E-state index is 5.67. The fourth-order valence-electron chi connectivity index (χ4n) is 2.28. The number of hydrogen-bond donors (Lipinski definition) is 2. The molecule has 0 saturated carbocycles. The van der Waals surface area contributed by atoms with Gasteiger partial charge < -0.3 is 15.5 Å². The summed E-state index contributed by atoms with van der Waals surface area (Å²) in [5.74, 6) is 0.876. The quantitative estimate of drug-likeness (QED) is 0.749. The van der Waals surface area contributed by atoms with Crippen molar-refractivity contribution in [3.05, 3.63) is 54.7 Å². The molecule has 3 heteroatoms. The lowest BCUT2D eigenvalue weighted by Gasteiger charge is -2.09. The molecule has 0 radical (unpaired) electrons. The molecular formula is C16H16N2O. The Morgan fingerprint density at radius 3 is 2.63 bits per heavy atom. The van der Waals surface area contributed by atoms with Gasteiger partial charge in [-0.15, -0.1) is 0 Å². The van der Waals surface area contributed by atoms with Gasteiger partial charge in [0.15, 0.2) is 0 Å². The van der Waals surface area contributed by atoms with Gasteiger partial charge in [0, 0.05) is 23.7 Å². The molecule has 0 amide bonds. The van der Waals surface area contributed by atoms with E-state index in [9.17, 15) is 0 Å². The zero-order valence-corrected chi connectivity index (χ0v) is 10.6. The lowest BCUT2D eigenvalue weighted by molar-refractivity contribution is 0.332. The van der Waals surface area contributed by atoms with Crippen molar-refractivity contribution in [2.75, 3.05) is 13.2 Å². The molecule has 3 rings (SSSR count). The van der Waals surface area contributed by atoms with E-state index >= 15 is 0 Å². The van der Waals surface area contributed by atoms with E-state index in [0.717, 1.165) is 16.7 Å². The Labute approximate surface area is 112 Å². The van der Waals surface area contributed by atoms with Crippen LogP contribution in [0.25, 0.3) is 22.0 Å². The summed E-state index contributed by atoms with van der Waals surface area (Å²) in [4.78, 5) is 3.29. The number of fused-ring (bicyclic) bond motifs is 1. The molecule has 3 aromatic rings. The highest BCUT2D eigenvalue weighted by Gasteiger charge is 2.09. The maximum absolute atomic E-state index is 5.67. The van der Waals surface area contributed by atoms with E-state index in [1.165, 1.54) is 11.1 Å². The Kier molecular flexibility index (Phi) is 3.21. The lowest BCUT2D eigenvalue weighted by atomic mass is 10.0. The van der Waals surface area contributed by atoms with Crippen LogP contribution in [0.3, 0.4) is 0 Å². The van der Waals surface area contributed by atoms with Gasteiger partial charge in [-0.2, -0.15) is 0 Å². The van der Waals surface area contributed by atoms with Crippen LogP contribution < -0.4 is 10.5 Å². The molecule has 0 fully saturated rings. The fourth-order valence-corrected chi connectivity index (χ4v) is 2.28. The normalized spacial score (nSPS) is 10.8. The number of H-pyrrole nitrogens is 1. The Morgan fingerprint density at radius 2 is 1.84 bits per heavy atom. The molecule has 0 atom stereocenters. The van der Waals surface area contributed by atoms with Crippen molar-refractivity contribution in [3.63, 3.8) is 0 Å². The van der Waals surface area contributed by atoms with Gasteiger partial charge in [-0.1, -0.05) is 30.3 Å². The summed E-state index contributed by atoms with van der Waals surface area (Å²) in [7, 11) is 0. The number of aromatic amines is 1. The van der Waals surface area contributed by atoms with E-state index in [-0.39, 0.29) is 0 Å². The summed E-state index contributed by atoms with van der Waals surface area (Å²) in [6.45, 7) is 1.05. The zero-order valence-electron chi connectivity index (χ0n) is 10.6. The first-order valence-corrected chi connectivity index (χ1v) is 6.38. The molecule has 96 valence electrons. The molecule has 2 aromatic carbocycles. The highest BCUT2D eigenvalue weighted by atomic mass is 16.5. The van der Waals surface area contributed by atoms with Gasteiger partial charge in [0.1, 0.15) is 12.4 Å². The fraction of sp³-hybridized carbons (Fsp3) is 0.125. The molecular weight excluding hydrogens is 236 g/mol. The van der Waals surface area contributed by atoms with Gasteiger partial charge in [0.05, 0.1) is 5.52 Å². The summed E-state index contributed by atoms with van der Waals surface area (Å²) in [5.41, 5.74) is 8.96. The predicted molar refractivity (Wildman–Crippen MR) is 78.3 cm³/mol. The van der Waals surface area contributed by atoms with Crippen molar-refractivity contribution in [3.8, 4) is 16.9 Å². The van der Waals surface area contributed by atoms with Crippen LogP contribution in [0.2, 0.25) is 0 Å². The van der Waals surface area contributed by atoms with Gasteiger partial charge >= 0.3 is 0 Å². The number of ether oxygens (including phenoxy) is 1. The zero-order chi connectivity index (χ0) is 13.1. The van der Waals surface area contributed by atoms with Gasteiger partial charge in [-0.25, -0.2) is 0 Å². The van der Waals surface area contributed by atoms with Crippen LogP contribution in [-0.4, -0.2) is 18.1 Å². The summed E-state index contributed by atoms with van der Waals surface area (Å²) >= 11 is 0. The monoisotopic (exact) mass is 252 g/mol. The van der Waals surface area contributed by atoms with Crippen molar-refractivity contribution in [2.45, 2.75) is 0 Å². The van der Waals surface area contributed by atoms with Crippen molar-refractivity contribution < 1.29 is 4.74 Å². The number of nitrogens with one attached hydrogen (secondary N) is 1. The standard InChI is InChI=1S/C16H16N2O/c17-9-11-19-15-7-6-13(12-4-2-1-3-5-12)16-14(15)8-10-18-16/h1-8,10,18H,9,11,17H2. The second-order valence-corrected chi connectivity index (χ2v) is 4.38. The van der Waals surface area contributed by atoms with E-state index in [1.807, 2.05) is 36.5 Å². The van der Waals surface area contributed by atoms with Crippen LogP contribution >= 0.6 is 0 Å². The Balaban J connectivity index is 2.11. The molecule has 0 saturated heterocycles. The van der Waals surface area contributed by atoms with Crippen molar-refractivity contribution in [2.24, 2.45) is 5.73 Å². The molecule has 3 N–H and O–H groups in total. The molecule has 0 aliphatic carbocycles. The molecule has 0 aliphatic rings. The maximum Gasteiger partial charge on any atom is 0.128 e. The van der Waals surface area contributed by atoms with Crippen molar-refractivity contribution >= 4 is 10.9 Å². The molecule has 0 spiro atoms. The largest absolute Gasteiger partial charge is 0.492 e. The van der Waals surface area contributed by atoms with Crippen molar-refractivity contribution in [1.29, 1.82) is 0 Å². The Hall–Kier alpha value is -2.26. The number of nitrogens with two attached hydrogens (primary N) is 1. The Morgan fingerprint density at radius 1 is 1.00 bits per heavy atom. The second-order valence-electron chi connectivity index (χ2n) is 4.38. The van der Waals surface area contributed by atoms with Crippen LogP contribution in [0.4, 0.5) is 0 Å². The summed E-state index contributed by atoms with van der Waals surface area (Å²) in [6, 6.07) is 16.5. The highest BCUT2D eigenvalue weighted by molar-refractivity contribution is 5.97. The topological polar surface area (TPSA) is 51.0 Å². The molecule has 0 bridgehead atoms. The summed E-state index contributed by atoms with van der Waals surface area (Å²) in [5, 5.41) is 1.09. The number of hydrogen-bond acceptors (Lipinski definition) is 2. The third-order valence-corrected chi connectivity index (χ3v) is 3.14. The average molecular weight is 252 g/mol. The van der Waals surface area contributed by atoms with E-state index in [0.29, 0.717) is 13.2 Å². The van der Waals surface area contributed by atoms with Gasteiger partial charge in [-0.3, -0.25) is 0 Å². The first kappa shape index (κ1) is 11.8. The smallest absolute Gasteiger partial charge is 0.128 e.